The maximum atomic E-state index is 10.4. The minimum Gasteiger partial charge on any atom is -0.388 e. The van der Waals surface area contributed by atoms with Crippen LogP contribution < -0.4 is 5.73 Å². The Labute approximate surface area is 61.4 Å². The van der Waals surface area contributed by atoms with E-state index in [2.05, 4.69) is 4.37 Å². The molecule has 10 heavy (non-hydrogen) atoms. The van der Waals surface area contributed by atoms with Gasteiger partial charge in [-0.25, -0.2) is 0 Å². The van der Waals surface area contributed by atoms with E-state index in [9.17, 15) is 8.42 Å². The predicted octanol–water partition coefficient (Wildman–Crippen LogP) is -0.0280. The van der Waals surface area contributed by atoms with Crippen molar-refractivity contribution in [1.82, 2.24) is 4.37 Å². The lowest BCUT2D eigenvalue weighted by Gasteiger charge is -1.89. The highest BCUT2D eigenvalue weighted by atomic mass is 32.2. The molecule has 0 aliphatic rings. The number of hydrogen-bond acceptors (Lipinski definition) is 5. The molecule has 0 bridgehead atoms. The predicted molar refractivity (Wildman–Crippen MR) is 36.3 cm³/mol. The fraction of sp³-hybridized carbons (Fsp3) is 0. The molecule has 1 aromatic heterocycles. The Bertz CT molecular complexity index is 327. The molecule has 0 spiro atoms. The SMILES string of the molecule is Nc1sncc1S(=O)(=O)O. The zero-order valence-electron chi connectivity index (χ0n) is 4.68. The van der Waals surface area contributed by atoms with E-state index in [1.807, 2.05) is 0 Å². The lowest BCUT2D eigenvalue weighted by atomic mass is 10.7. The van der Waals surface area contributed by atoms with Crippen molar-refractivity contribution < 1.29 is 13.0 Å². The van der Waals surface area contributed by atoms with Gasteiger partial charge in [0.05, 0.1) is 6.20 Å². The van der Waals surface area contributed by atoms with Crippen LogP contribution in [0.1, 0.15) is 0 Å². The van der Waals surface area contributed by atoms with Gasteiger partial charge >= 0.3 is 0 Å². The van der Waals surface area contributed by atoms with Crippen LogP contribution >= 0.6 is 11.5 Å². The van der Waals surface area contributed by atoms with Crippen molar-refractivity contribution in [3.05, 3.63) is 6.20 Å². The number of nitrogens with two attached hydrogens (primary N) is 1. The van der Waals surface area contributed by atoms with Gasteiger partial charge in [0, 0.05) is 0 Å². The van der Waals surface area contributed by atoms with Crippen molar-refractivity contribution in [2.24, 2.45) is 0 Å². The summed E-state index contributed by atoms with van der Waals surface area (Å²) < 4.78 is 32.6. The van der Waals surface area contributed by atoms with E-state index in [4.69, 9.17) is 10.3 Å². The molecule has 3 N–H and O–H groups in total. The Kier molecular flexibility index (Phi) is 1.63. The van der Waals surface area contributed by atoms with Gasteiger partial charge in [-0.15, -0.1) is 0 Å². The molecule has 0 atom stereocenters. The van der Waals surface area contributed by atoms with Crippen molar-refractivity contribution in [3.63, 3.8) is 0 Å². The van der Waals surface area contributed by atoms with Gasteiger partial charge in [-0.3, -0.25) is 4.55 Å². The molecule has 1 heterocycles. The highest BCUT2D eigenvalue weighted by molar-refractivity contribution is 7.86. The van der Waals surface area contributed by atoms with Crippen LogP contribution in [0, 0.1) is 0 Å². The first-order chi connectivity index (χ1) is 4.52. The molecule has 7 heteroatoms. The lowest BCUT2D eigenvalue weighted by Crippen LogP contribution is -1.98. The fourth-order valence-corrected chi connectivity index (χ4v) is 1.78. The van der Waals surface area contributed by atoms with Crippen LogP contribution in [0.2, 0.25) is 0 Å². The summed E-state index contributed by atoms with van der Waals surface area (Å²) in [5.41, 5.74) is 5.14. The zero-order valence-corrected chi connectivity index (χ0v) is 6.32. The molecular weight excluding hydrogens is 176 g/mol. The number of anilines is 1. The summed E-state index contributed by atoms with van der Waals surface area (Å²) in [6.07, 6.45) is 1.01. The third-order valence-electron chi connectivity index (χ3n) is 0.842. The minimum absolute atomic E-state index is 0.00231. The Morgan fingerprint density at radius 2 is 2.30 bits per heavy atom. The number of nitrogen functional groups attached to an aromatic ring is 1. The number of aromatic nitrogens is 1. The molecule has 0 saturated heterocycles. The molecular formula is C3H4N2O3S2. The van der Waals surface area contributed by atoms with Gasteiger partial charge < -0.3 is 5.73 Å². The van der Waals surface area contributed by atoms with Crippen LogP contribution in [-0.2, 0) is 10.1 Å². The van der Waals surface area contributed by atoms with Crippen molar-refractivity contribution in [2.45, 2.75) is 4.90 Å². The molecule has 1 aromatic rings. The minimum atomic E-state index is -4.17. The van der Waals surface area contributed by atoms with Gasteiger partial charge in [0.15, 0.2) is 0 Å². The largest absolute Gasteiger partial charge is 0.388 e. The van der Waals surface area contributed by atoms with Gasteiger partial charge in [0.1, 0.15) is 9.90 Å². The average molecular weight is 180 g/mol. The average Bonchev–Trinajstić information content (AvgIpc) is 2.11. The molecule has 0 unspecified atom stereocenters. The highest BCUT2D eigenvalue weighted by Gasteiger charge is 2.14. The lowest BCUT2D eigenvalue weighted by molar-refractivity contribution is 0.484. The summed E-state index contributed by atoms with van der Waals surface area (Å²) in [4.78, 5) is -0.322. The molecule has 5 nitrogen and oxygen atoms in total. The third kappa shape index (κ3) is 1.25. The van der Waals surface area contributed by atoms with Gasteiger partial charge in [0.25, 0.3) is 10.1 Å². The molecule has 0 aromatic carbocycles. The van der Waals surface area contributed by atoms with Crippen molar-refractivity contribution >= 4 is 26.7 Å². The molecule has 1 rings (SSSR count). The normalized spacial score (nSPS) is 11.7. The molecule has 0 saturated carbocycles. The van der Waals surface area contributed by atoms with Gasteiger partial charge in [-0.1, -0.05) is 0 Å². The zero-order chi connectivity index (χ0) is 7.78. The van der Waals surface area contributed by atoms with Crippen molar-refractivity contribution in [3.8, 4) is 0 Å². The van der Waals surface area contributed by atoms with E-state index in [1.165, 1.54) is 0 Å². The molecule has 0 amide bonds. The Balaban J connectivity index is 3.32. The van der Waals surface area contributed by atoms with Gasteiger partial charge in [-0.2, -0.15) is 12.8 Å². The fourth-order valence-electron chi connectivity index (χ4n) is 0.433. The summed E-state index contributed by atoms with van der Waals surface area (Å²) in [6.45, 7) is 0. The number of rotatable bonds is 1. The third-order valence-corrected chi connectivity index (χ3v) is 2.48. The number of nitrogens with zero attached hydrogens (tertiary/aromatic N) is 1. The van der Waals surface area contributed by atoms with Crippen LogP contribution in [0.3, 0.4) is 0 Å². The van der Waals surface area contributed by atoms with Gasteiger partial charge in [0.2, 0.25) is 0 Å². The van der Waals surface area contributed by atoms with Crippen molar-refractivity contribution in [2.75, 3.05) is 5.73 Å². The van der Waals surface area contributed by atoms with E-state index >= 15 is 0 Å². The smallest absolute Gasteiger partial charge is 0.299 e. The summed E-state index contributed by atoms with van der Waals surface area (Å²) in [6, 6.07) is 0. The second-order valence-corrected chi connectivity index (χ2v) is 3.75. The van der Waals surface area contributed by atoms with E-state index in [0.29, 0.717) is 0 Å². The van der Waals surface area contributed by atoms with Crippen LogP contribution in [0.15, 0.2) is 11.1 Å². The second kappa shape index (κ2) is 2.19. The molecule has 56 valence electrons. The monoisotopic (exact) mass is 180 g/mol. The first-order valence-corrected chi connectivity index (χ1v) is 4.41. The summed E-state index contributed by atoms with van der Waals surface area (Å²) in [5, 5.41) is 0.00231. The van der Waals surface area contributed by atoms with Crippen LogP contribution in [0.4, 0.5) is 5.00 Å². The molecule has 0 radical (unpaired) electrons. The number of hydrogen-bond donors (Lipinski definition) is 2. The maximum absolute atomic E-state index is 10.4. The molecule has 0 aliphatic carbocycles. The first kappa shape index (κ1) is 7.45. The Morgan fingerprint density at radius 1 is 1.70 bits per heavy atom. The van der Waals surface area contributed by atoms with E-state index in [-0.39, 0.29) is 9.90 Å². The van der Waals surface area contributed by atoms with Crippen molar-refractivity contribution in [1.29, 1.82) is 0 Å². The summed E-state index contributed by atoms with van der Waals surface area (Å²) in [7, 11) is -4.17. The van der Waals surface area contributed by atoms with Crippen LogP contribution in [0.5, 0.6) is 0 Å². The Hall–Kier alpha value is -0.660. The maximum Gasteiger partial charge on any atom is 0.299 e. The highest BCUT2D eigenvalue weighted by Crippen LogP contribution is 2.20. The molecule has 0 fully saturated rings. The van der Waals surface area contributed by atoms with E-state index in [0.717, 1.165) is 17.7 Å². The summed E-state index contributed by atoms with van der Waals surface area (Å²) in [5.74, 6) is 0. The van der Waals surface area contributed by atoms with Gasteiger partial charge in [-0.05, 0) is 11.5 Å². The molecule has 0 aliphatic heterocycles. The van der Waals surface area contributed by atoms with E-state index in [1.54, 1.807) is 0 Å². The van der Waals surface area contributed by atoms with Crippen LogP contribution in [0.25, 0.3) is 0 Å². The topological polar surface area (TPSA) is 93.3 Å². The van der Waals surface area contributed by atoms with E-state index < -0.39 is 10.1 Å². The Morgan fingerprint density at radius 3 is 2.50 bits per heavy atom. The second-order valence-electron chi connectivity index (χ2n) is 1.53. The first-order valence-electron chi connectivity index (χ1n) is 2.19. The van der Waals surface area contributed by atoms with Crippen LogP contribution in [-0.4, -0.2) is 17.3 Å². The summed E-state index contributed by atoms with van der Waals surface area (Å²) >= 11 is 0.820. The standard InChI is InChI=1S/C3H4N2O3S2/c4-3-2(1-5-9-3)10(6,7)8/h1H,4H2,(H,6,7,8). The quantitative estimate of drug-likeness (QED) is 0.592.